The maximum atomic E-state index is 12.1. The molecule has 2 rings (SSSR count). The molecule has 0 radical (unpaired) electrons. The predicted molar refractivity (Wildman–Crippen MR) is 72.4 cm³/mol. The van der Waals surface area contributed by atoms with Crippen molar-refractivity contribution in [3.63, 3.8) is 0 Å². The molecule has 2 nitrogen and oxygen atoms in total. The van der Waals surface area contributed by atoms with Crippen molar-refractivity contribution < 1.29 is 9.59 Å². The summed E-state index contributed by atoms with van der Waals surface area (Å²) in [5.74, 6) is 0.0733. The fourth-order valence-electron chi connectivity index (χ4n) is 2.28. The summed E-state index contributed by atoms with van der Waals surface area (Å²) >= 11 is 11.7. The fourth-order valence-corrected chi connectivity index (χ4v) is 2.58. The molecule has 1 aliphatic carbocycles. The Morgan fingerprint density at radius 2 is 2.00 bits per heavy atom. The minimum atomic E-state index is -0.110. The normalized spacial score (nSPS) is 19.9. The molecule has 1 atom stereocenters. The van der Waals surface area contributed by atoms with E-state index in [1.807, 2.05) is 0 Å². The van der Waals surface area contributed by atoms with Crippen LogP contribution in [0.15, 0.2) is 18.2 Å². The molecule has 1 fully saturated rings. The molecule has 0 aromatic heterocycles. The van der Waals surface area contributed by atoms with Gasteiger partial charge in [0.05, 0.1) is 10.0 Å². The van der Waals surface area contributed by atoms with Gasteiger partial charge >= 0.3 is 0 Å². The van der Waals surface area contributed by atoms with Gasteiger partial charge in [-0.3, -0.25) is 9.59 Å². The first kappa shape index (κ1) is 13.6. The Hall–Kier alpha value is -0.860. The summed E-state index contributed by atoms with van der Waals surface area (Å²) in [5.41, 5.74) is 0.530. The molecule has 0 unspecified atom stereocenters. The zero-order valence-electron chi connectivity index (χ0n) is 9.92. The summed E-state index contributed by atoms with van der Waals surface area (Å²) in [4.78, 5) is 23.8. The smallest absolute Gasteiger partial charge is 0.163 e. The van der Waals surface area contributed by atoms with Crippen molar-refractivity contribution in [3.05, 3.63) is 33.8 Å². The van der Waals surface area contributed by atoms with Crippen LogP contribution in [0, 0.1) is 5.92 Å². The van der Waals surface area contributed by atoms with E-state index >= 15 is 0 Å². The molecule has 1 aromatic carbocycles. The topological polar surface area (TPSA) is 34.1 Å². The molecule has 1 aliphatic rings. The Morgan fingerprint density at radius 1 is 1.22 bits per heavy atom. The predicted octanol–water partition coefficient (Wildman–Crippen LogP) is 4.33. The Balaban J connectivity index is 2.07. The maximum absolute atomic E-state index is 12.1. The van der Waals surface area contributed by atoms with Gasteiger partial charge in [0, 0.05) is 24.3 Å². The van der Waals surface area contributed by atoms with Crippen molar-refractivity contribution in [1.29, 1.82) is 0 Å². The molecule has 0 bridgehead atoms. The van der Waals surface area contributed by atoms with Gasteiger partial charge in [-0.1, -0.05) is 29.6 Å². The number of carbonyl (C=O) groups is 2. The van der Waals surface area contributed by atoms with Crippen LogP contribution in [0.25, 0.3) is 0 Å². The summed E-state index contributed by atoms with van der Waals surface area (Å²) in [5, 5.41) is 0.805. The Kier molecular flexibility index (Phi) is 4.41. The van der Waals surface area contributed by atoms with E-state index in [-0.39, 0.29) is 23.9 Å². The molecule has 0 aliphatic heterocycles. The highest BCUT2D eigenvalue weighted by Gasteiger charge is 2.25. The number of hydrogen-bond acceptors (Lipinski definition) is 2. The number of rotatable bonds is 3. The van der Waals surface area contributed by atoms with Crippen LogP contribution in [0.5, 0.6) is 0 Å². The molecule has 0 heterocycles. The lowest BCUT2D eigenvalue weighted by Crippen LogP contribution is -2.22. The molecule has 0 amide bonds. The average Bonchev–Trinajstić information content (AvgIpc) is 2.35. The molecule has 1 saturated carbocycles. The van der Waals surface area contributed by atoms with E-state index < -0.39 is 0 Å². The van der Waals surface area contributed by atoms with Gasteiger partial charge in [0.15, 0.2) is 5.78 Å². The first-order valence-corrected chi connectivity index (χ1v) is 6.84. The molecule has 0 spiro atoms. The molecule has 4 heteroatoms. The minimum Gasteiger partial charge on any atom is -0.299 e. The van der Waals surface area contributed by atoms with Gasteiger partial charge in [0.2, 0.25) is 0 Å². The third-order valence-corrected chi connectivity index (χ3v) is 4.09. The standard InChI is InChI=1S/C14H14Cl2O2/c15-11-6-5-10(7-12(11)16)14(18)8-9-3-1-2-4-13(9)17/h5-7,9H,1-4,8H2/t9-/m1/s1. The zero-order chi connectivity index (χ0) is 13.1. The molecule has 1 aromatic rings. The minimum absolute atomic E-state index is 0.0335. The second-order valence-electron chi connectivity index (χ2n) is 4.67. The molecule has 18 heavy (non-hydrogen) atoms. The average molecular weight is 285 g/mol. The molecule has 0 N–H and O–H groups in total. The van der Waals surface area contributed by atoms with E-state index in [9.17, 15) is 9.59 Å². The van der Waals surface area contributed by atoms with E-state index in [0.717, 1.165) is 19.3 Å². The second kappa shape index (κ2) is 5.85. The largest absolute Gasteiger partial charge is 0.299 e. The van der Waals surface area contributed by atoms with E-state index in [4.69, 9.17) is 23.2 Å². The molecular formula is C14H14Cl2O2. The van der Waals surface area contributed by atoms with Crippen molar-refractivity contribution in [2.45, 2.75) is 32.1 Å². The highest BCUT2D eigenvalue weighted by atomic mass is 35.5. The van der Waals surface area contributed by atoms with E-state index in [1.165, 1.54) is 0 Å². The Morgan fingerprint density at radius 3 is 2.67 bits per heavy atom. The summed E-state index contributed by atoms with van der Waals surface area (Å²) in [6.07, 6.45) is 3.71. The third-order valence-electron chi connectivity index (χ3n) is 3.35. The van der Waals surface area contributed by atoms with Gasteiger partial charge in [-0.05, 0) is 31.0 Å². The van der Waals surface area contributed by atoms with Crippen molar-refractivity contribution in [2.24, 2.45) is 5.92 Å². The number of halogens is 2. The number of benzene rings is 1. The first-order valence-electron chi connectivity index (χ1n) is 6.09. The van der Waals surface area contributed by atoms with Crippen LogP contribution in [-0.4, -0.2) is 11.6 Å². The summed E-state index contributed by atoms with van der Waals surface area (Å²) in [6, 6.07) is 4.84. The lowest BCUT2D eigenvalue weighted by Gasteiger charge is -2.19. The van der Waals surface area contributed by atoms with Gasteiger partial charge in [-0.2, -0.15) is 0 Å². The third kappa shape index (κ3) is 3.12. The molecular weight excluding hydrogens is 271 g/mol. The lowest BCUT2D eigenvalue weighted by molar-refractivity contribution is -0.124. The van der Waals surface area contributed by atoms with Crippen molar-refractivity contribution >= 4 is 34.8 Å². The summed E-state index contributed by atoms with van der Waals surface area (Å²) in [7, 11) is 0. The van der Waals surface area contributed by atoms with Crippen LogP contribution in [0.4, 0.5) is 0 Å². The van der Waals surface area contributed by atoms with Crippen LogP contribution >= 0.6 is 23.2 Å². The zero-order valence-corrected chi connectivity index (χ0v) is 11.4. The highest BCUT2D eigenvalue weighted by molar-refractivity contribution is 6.42. The maximum Gasteiger partial charge on any atom is 0.163 e. The second-order valence-corrected chi connectivity index (χ2v) is 5.48. The van der Waals surface area contributed by atoms with E-state index in [0.29, 0.717) is 22.0 Å². The van der Waals surface area contributed by atoms with Crippen molar-refractivity contribution in [2.75, 3.05) is 0 Å². The summed E-state index contributed by atoms with van der Waals surface area (Å²) in [6.45, 7) is 0. The van der Waals surface area contributed by atoms with Gasteiger partial charge in [-0.15, -0.1) is 0 Å². The Bertz CT molecular complexity index is 483. The van der Waals surface area contributed by atoms with Gasteiger partial charge < -0.3 is 0 Å². The van der Waals surface area contributed by atoms with Gasteiger partial charge in [0.1, 0.15) is 5.78 Å². The van der Waals surface area contributed by atoms with Crippen LogP contribution in [0.1, 0.15) is 42.5 Å². The first-order chi connectivity index (χ1) is 8.58. The molecule has 96 valence electrons. The van der Waals surface area contributed by atoms with Crippen LogP contribution in [-0.2, 0) is 4.79 Å². The van der Waals surface area contributed by atoms with Crippen LogP contribution < -0.4 is 0 Å². The molecule has 0 saturated heterocycles. The van der Waals surface area contributed by atoms with Gasteiger partial charge in [-0.25, -0.2) is 0 Å². The lowest BCUT2D eigenvalue weighted by atomic mass is 9.83. The van der Waals surface area contributed by atoms with E-state index in [2.05, 4.69) is 0 Å². The number of Topliss-reactive ketones (excluding diaryl/α,β-unsaturated/α-hetero) is 2. The van der Waals surface area contributed by atoms with Crippen molar-refractivity contribution in [3.8, 4) is 0 Å². The number of hydrogen-bond donors (Lipinski definition) is 0. The fraction of sp³-hybridized carbons (Fsp3) is 0.429. The van der Waals surface area contributed by atoms with Crippen LogP contribution in [0.3, 0.4) is 0 Å². The number of carbonyl (C=O) groups excluding carboxylic acids is 2. The quantitative estimate of drug-likeness (QED) is 0.775. The van der Waals surface area contributed by atoms with E-state index in [1.54, 1.807) is 18.2 Å². The highest BCUT2D eigenvalue weighted by Crippen LogP contribution is 2.27. The SMILES string of the molecule is O=C(C[C@H]1CCCCC1=O)c1ccc(Cl)c(Cl)c1. The Labute approximate surface area is 116 Å². The number of ketones is 2. The van der Waals surface area contributed by atoms with Crippen LogP contribution in [0.2, 0.25) is 10.0 Å². The monoisotopic (exact) mass is 284 g/mol. The summed E-state index contributed by atoms with van der Waals surface area (Å²) < 4.78 is 0. The van der Waals surface area contributed by atoms with Crippen molar-refractivity contribution in [1.82, 2.24) is 0 Å². The van der Waals surface area contributed by atoms with Gasteiger partial charge in [0.25, 0.3) is 0 Å².